The SMILES string of the molecule is COc1cc2c(cc1OC)CN(C(=O)N(C)C)C(C)C2. The molecule has 0 aliphatic carbocycles. The van der Waals surface area contributed by atoms with E-state index < -0.39 is 0 Å². The second-order valence-electron chi connectivity index (χ2n) is 5.33. The molecule has 0 spiro atoms. The van der Waals surface area contributed by atoms with Crippen molar-refractivity contribution in [3.05, 3.63) is 23.3 Å². The number of hydrogen-bond acceptors (Lipinski definition) is 3. The van der Waals surface area contributed by atoms with Gasteiger partial charge in [-0.1, -0.05) is 0 Å². The second kappa shape index (κ2) is 5.61. The number of benzene rings is 1. The molecule has 1 aliphatic heterocycles. The van der Waals surface area contributed by atoms with Crippen molar-refractivity contribution in [1.82, 2.24) is 9.80 Å². The van der Waals surface area contributed by atoms with E-state index in [9.17, 15) is 4.79 Å². The van der Waals surface area contributed by atoms with E-state index in [4.69, 9.17) is 9.47 Å². The van der Waals surface area contributed by atoms with E-state index in [2.05, 4.69) is 6.92 Å². The Balaban J connectivity index is 2.35. The molecule has 0 saturated heterocycles. The van der Waals surface area contributed by atoms with Crippen LogP contribution in [0.2, 0.25) is 0 Å². The Morgan fingerprint density at radius 2 is 1.75 bits per heavy atom. The van der Waals surface area contributed by atoms with Gasteiger partial charge in [-0.05, 0) is 36.6 Å². The van der Waals surface area contributed by atoms with E-state index in [0.717, 1.165) is 17.7 Å². The van der Waals surface area contributed by atoms with Crippen LogP contribution in [0, 0.1) is 0 Å². The molecule has 5 nitrogen and oxygen atoms in total. The van der Waals surface area contributed by atoms with Gasteiger partial charge >= 0.3 is 6.03 Å². The molecule has 5 heteroatoms. The average molecular weight is 278 g/mol. The normalized spacial score (nSPS) is 17.4. The maximum Gasteiger partial charge on any atom is 0.320 e. The molecule has 20 heavy (non-hydrogen) atoms. The first-order chi connectivity index (χ1) is 9.47. The van der Waals surface area contributed by atoms with Gasteiger partial charge in [-0.2, -0.15) is 0 Å². The molecule has 0 aromatic heterocycles. The van der Waals surface area contributed by atoms with Crippen molar-refractivity contribution >= 4 is 6.03 Å². The average Bonchev–Trinajstić information content (AvgIpc) is 2.44. The van der Waals surface area contributed by atoms with Crippen LogP contribution in [0.5, 0.6) is 11.5 Å². The fourth-order valence-corrected chi connectivity index (χ4v) is 2.58. The zero-order chi connectivity index (χ0) is 14.9. The van der Waals surface area contributed by atoms with Gasteiger partial charge in [0.05, 0.1) is 14.2 Å². The number of carbonyl (C=O) groups excluding carboxylic acids is 1. The van der Waals surface area contributed by atoms with Crippen LogP contribution >= 0.6 is 0 Å². The van der Waals surface area contributed by atoms with Gasteiger partial charge in [0.15, 0.2) is 11.5 Å². The van der Waals surface area contributed by atoms with Crippen molar-refractivity contribution in [1.29, 1.82) is 0 Å². The van der Waals surface area contributed by atoms with Gasteiger partial charge in [0, 0.05) is 26.7 Å². The number of methoxy groups -OCH3 is 2. The van der Waals surface area contributed by atoms with Crippen LogP contribution in [0.4, 0.5) is 4.79 Å². The molecule has 1 aliphatic rings. The third-order valence-electron chi connectivity index (χ3n) is 3.72. The predicted octanol–water partition coefficient (Wildman–Crippen LogP) is 2.13. The molecule has 2 amide bonds. The van der Waals surface area contributed by atoms with Gasteiger partial charge < -0.3 is 19.3 Å². The summed E-state index contributed by atoms with van der Waals surface area (Å²) in [5.41, 5.74) is 2.34. The van der Waals surface area contributed by atoms with Crippen molar-refractivity contribution < 1.29 is 14.3 Å². The van der Waals surface area contributed by atoms with E-state index in [0.29, 0.717) is 12.3 Å². The summed E-state index contributed by atoms with van der Waals surface area (Å²) in [6.45, 7) is 2.68. The molecule has 2 rings (SSSR count). The number of urea groups is 1. The lowest BCUT2D eigenvalue weighted by Crippen LogP contribution is -2.47. The molecule has 1 atom stereocenters. The van der Waals surface area contributed by atoms with Crippen molar-refractivity contribution in [2.24, 2.45) is 0 Å². The summed E-state index contributed by atoms with van der Waals surface area (Å²) in [7, 11) is 6.81. The van der Waals surface area contributed by atoms with E-state index >= 15 is 0 Å². The number of ether oxygens (including phenoxy) is 2. The molecule has 110 valence electrons. The van der Waals surface area contributed by atoms with Crippen molar-refractivity contribution in [2.45, 2.75) is 25.9 Å². The molecule has 1 heterocycles. The Hall–Kier alpha value is -1.91. The largest absolute Gasteiger partial charge is 0.493 e. The maximum atomic E-state index is 12.2. The Kier molecular flexibility index (Phi) is 4.06. The highest BCUT2D eigenvalue weighted by Gasteiger charge is 2.28. The molecule has 0 saturated carbocycles. The zero-order valence-corrected chi connectivity index (χ0v) is 12.8. The van der Waals surface area contributed by atoms with Gasteiger partial charge in [0.2, 0.25) is 0 Å². The molecule has 0 fully saturated rings. The van der Waals surface area contributed by atoms with Crippen LogP contribution < -0.4 is 9.47 Å². The Morgan fingerprint density at radius 1 is 1.20 bits per heavy atom. The van der Waals surface area contributed by atoms with Crippen LogP contribution in [-0.2, 0) is 13.0 Å². The van der Waals surface area contributed by atoms with Crippen LogP contribution in [0.15, 0.2) is 12.1 Å². The quantitative estimate of drug-likeness (QED) is 0.832. The minimum atomic E-state index is 0.0398. The summed E-state index contributed by atoms with van der Waals surface area (Å²) < 4.78 is 10.7. The highest BCUT2D eigenvalue weighted by Crippen LogP contribution is 2.34. The van der Waals surface area contributed by atoms with Crippen LogP contribution in [0.25, 0.3) is 0 Å². The number of amides is 2. The van der Waals surface area contributed by atoms with Crippen molar-refractivity contribution in [3.63, 3.8) is 0 Å². The molecule has 0 radical (unpaired) electrons. The lowest BCUT2D eigenvalue weighted by molar-refractivity contribution is 0.143. The fourth-order valence-electron chi connectivity index (χ4n) is 2.58. The van der Waals surface area contributed by atoms with E-state index in [1.165, 1.54) is 5.56 Å². The van der Waals surface area contributed by atoms with Gasteiger partial charge in [-0.15, -0.1) is 0 Å². The number of rotatable bonds is 2. The molecule has 1 unspecified atom stereocenters. The van der Waals surface area contributed by atoms with Crippen molar-refractivity contribution in [3.8, 4) is 11.5 Å². The Morgan fingerprint density at radius 3 is 2.25 bits per heavy atom. The number of fused-ring (bicyclic) bond motifs is 1. The van der Waals surface area contributed by atoms with Gasteiger partial charge in [-0.3, -0.25) is 0 Å². The molecule has 0 bridgehead atoms. The summed E-state index contributed by atoms with van der Waals surface area (Å²) in [4.78, 5) is 15.7. The third kappa shape index (κ3) is 2.53. The predicted molar refractivity (Wildman–Crippen MR) is 77.3 cm³/mol. The highest BCUT2D eigenvalue weighted by molar-refractivity contribution is 5.74. The van der Waals surface area contributed by atoms with E-state index in [1.807, 2.05) is 17.0 Å². The minimum absolute atomic E-state index is 0.0398. The number of nitrogens with zero attached hydrogens (tertiary/aromatic N) is 2. The first-order valence-electron chi connectivity index (χ1n) is 6.69. The van der Waals surface area contributed by atoms with Gasteiger partial charge in [0.25, 0.3) is 0 Å². The monoisotopic (exact) mass is 278 g/mol. The second-order valence-corrected chi connectivity index (χ2v) is 5.33. The molecular formula is C15H22N2O3. The summed E-state index contributed by atoms with van der Waals surface area (Å²) >= 11 is 0. The smallest absolute Gasteiger partial charge is 0.320 e. The Bertz CT molecular complexity index is 514. The van der Waals surface area contributed by atoms with Crippen LogP contribution in [0.3, 0.4) is 0 Å². The van der Waals surface area contributed by atoms with Gasteiger partial charge in [-0.25, -0.2) is 4.79 Å². The summed E-state index contributed by atoms with van der Waals surface area (Å²) in [6, 6.07) is 4.20. The highest BCUT2D eigenvalue weighted by atomic mass is 16.5. The lowest BCUT2D eigenvalue weighted by Gasteiger charge is -2.36. The molecular weight excluding hydrogens is 256 g/mol. The van der Waals surface area contributed by atoms with Gasteiger partial charge in [0.1, 0.15) is 0 Å². The Labute approximate surface area is 120 Å². The van der Waals surface area contributed by atoms with E-state index in [-0.39, 0.29) is 12.1 Å². The summed E-state index contributed by atoms with van der Waals surface area (Å²) in [5, 5.41) is 0. The first kappa shape index (κ1) is 14.5. The number of carbonyl (C=O) groups is 1. The third-order valence-corrected chi connectivity index (χ3v) is 3.72. The zero-order valence-electron chi connectivity index (χ0n) is 12.8. The molecule has 1 aromatic rings. The molecule has 0 N–H and O–H groups in total. The van der Waals surface area contributed by atoms with Crippen LogP contribution in [0.1, 0.15) is 18.1 Å². The first-order valence-corrected chi connectivity index (χ1v) is 6.69. The van der Waals surface area contributed by atoms with Crippen LogP contribution in [-0.4, -0.2) is 50.2 Å². The number of hydrogen-bond donors (Lipinski definition) is 0. The molecule has 1 aromatic carbocycles. The standard InChI is InChI=1S/C15H22N2O3/c1-10-6-11-7-13(19-4)14(20-5)8-12(11)9-17(10)15(18)16(2)3/h7-8,10H,6,9H2,1-5H3. The topological polar surface area (TPSA) is 42.0 Å². The lowest BCUT2D eigenvalue weighted by atomic mass is 9.94. The fraction of sp³-hybridized carbons (Fsp3) is 0.533. The summed E-state index contributed by atoms with van der Waals surface area (Å²) in [5.74, 6) is 1.45. The maximum absolute atomic E-state index is 12.2. The van der Waals surface area contributed by atoms with Crippen molar-refractivity contribution in [2.75, 3.05) is 28.3 Å². The minimum Gasteiger partial charge on any atom is -0.493 e. The van der Waals surface area contributed by atoms with E-state index in [1.54, 1.807) is 33.2 Å². The summed E-state index contributed by atoms with van der Waals surface area (Å²) in [6.07, 6.45) is 0.829.